The summed E-state index contributed by atoms with van der Waals surface area (Å²) in [4.78, 5) is 12.1. The normalized spacial score (nSPS) is 9.84. The Labute approximate surface area is 119 Å². The van der Waals surface area contributed by atoms with E-state index in [4.69, 9.17) is 15.6 Å². The lowest BCUT2D eigenvalue weighted by Gasteiger charge is -2.18. The molecule has 0 saturated carbocycles. The molecule has 19 heavy (non-hydrogen) atoms. The zero-order chi connectivity index (χ0) is 14.3. The highest BCUT2D eigenvalue weighted by atomic mass is 79.9. The molecule has 1 aromatic carbocycles. The van der Waals surface area contributed by atoms with Gasteiger partial charge in [-0.05, 0) is 23.8 Å². The van der Waals surface area contributed by atoms with Crippen molar-refractivity contribution in [3.05, 3.63) is 34.3 Å². The molecule has 0 fully saturated rings. The second kappa shape index (κ2) is 7.20. The first-order chi connectivity index (χ1) is 9.08. The average molecular weight is 320 g/mol. The van der Waals surface area contributed by atoms with Gasteiger partial charge in [0, 0.05) is 16.2 Å². The summed E-state index contributed by atoms with van der Waals surface area (Å²) in [6, 6.07) is 9.19. The van der Waals surface area contributed by atoms with Crippen molar-refractivity contribution in [2.24, 2.45) is 0 Å². The predicted octanol–water partition coefficient (Wildman–Crippen LogP) is 2.40. The van der Waals surface area contributed by atoms with E-state index in [0.717, 1.165) is 11.8 Å². The first kappa shape index (κ1) is 14.7. The number of carboxylic acid groups (broad SMARTS) is 1. The van der Waals surface area contributed by atoms with Gasteiger partial charge in [0.2, 0.25) is 0 Å². The molecule has 0 atom stereocenters. The van der Waals surface area contributed by atoms with Crippen molar-refractivity contribution < 1.29 is 9.90 Å². The van der Waals surface area contributed by atoms with Gasteiger partial charge in [-0.3, -0.25) is 0 Å². The Morgan fingerprint density at radius 1 is 1.37 bits per heavy atom. The Morgan fingerprint density at radius 2 is 2.00 bits per heavy atom. The van der Waals surface area contributed by atoms with Gasteiger partial charge in [-0.1, -0.05) is 22.0 Å². The smallest absolute Gasteiger partial charge is 0.328 e. The number of rotatable bonds is 5. The third kappa shape index (κ3) is 4.46. The minimum atomic E-state index is -1.02. The van der Waals surface area contributed by atoms with Crippen molar-refractivity contribution in [1.29, 1.82) is 10.5 Å². The van der Waals surface area contributed by atoms with E-state index in [1.54, 1.807) is 23.1 Å². The fourth-order valence-electron chi connectivity index (χ4n) is 1.42. The van der Waals surface area contributed by atoms with Crippen LogP contribution in [0.2, 0.25) is 0 Å². The van der Waals surface area contributed by atoms with Gasteiger partial charge in [-0.25, -0.2) is 4.79 Å². The fraction of sp³-hybridized carbons (Fsp3) is 0.154. The van der Waals surface area contributed by atoms with Crippen molar-refractivity contribution in [2.45, 2.75) is 0 Å². The second-order valence-electron chi connectivity index (χ2n) is 3.55. The number of benzene rings is 1. The van der Waals surface area contributed by atoms with E-state index in [2.05, 4.69) is 15.9 Å². The zero-order valence-corrected chi connectivity index (χ0v) is 11.5. The van der Waals surface area contributed by atoms with Crippen molar-refractivity contribution >= 4 is 33.7 Å². The maximum atomic E-state index is 10.4. The number of hydrogen-bond acceptors (Lipinski definition) is 4. The summed E-state index contributed by atoms with van der Waals surface area (Å²) >= 11 is 3.33. The minimum Gasteiger partial charge on any atom is -0.478 e. The van der Waals surface area contributed by atoms with Gasteiger partial charge in [0.15, 0.2) is 0 Å². The predicted molar refractivity (Wildman–Crippen MR) is 74.3 cm³/mol. The van der Waals surface area contributed by atoms with E-state index >= 15 is 0 Å². The Bertz CT molecular complexity index is 569. The molecule has 1 rings (SSSR count). The summed E-state index contributed by atoms with van der Waals surface area (Å²) in [6.07, 6.45) is 2.51. The van der Waals surface area contributed by atoms with Crippen molar-refractivity contribution in [3.63, 3.8) is 0 Å². The molecule has 0 aliphatic carbocycles. The molecule has 0 amide bonds. The summed E-state index contributed by atoms with van der Waals surface area (Å²) < 4.78 is 0.698. The molecular formula is C13H10BrN3O2. The molecule has 0 aliphatic heterocycles. The average Bonchev–Trinajstić information content (AvgIpc) is 2.37. The highest BCUT2D eigenvalue weighted by molar-refractivity contribution is 9.10. The second-order valence-corrected chi connectivity index (χ2v) is 4.40. The van der Waals surface area contributed by atoms with Crippen LogP contribution in [0, 0.1) is 22.7 Å². The van der Waals surface area contributed by atoms with E-state index < -0.39 is 5.97 Å². The molecule has 1 N–H and O–H groups in total. The number of nitriles is 2. The van der Waals surface area contributed by atoms with E-state index in [0.29, 0.717) is 10.0 Å². The fourth-order valence-corrected chi connectivity index (χ4v) is 1.92. The van der Waals surface area contributed by atoms with Crippen LogP contribution >= 0.6 is 15.9 Å². The van der Waals surface area contributed by atoms with E-state index in [1.165, 1.54) is 6.08 Å². The van der Waals surface area contributed by atoms with Crippen molar-refractivity contribution in [3.8, 4) is 12.1 Å². The molecular weight excluding hydrogens is 310 g/mol. The third-order valence-electron chi connectivity index (χ3n) is 2.28. The first-order valence-corrected chi connectivity index (χ1v) is 6.07. The van der Waals surface area contributed by atoms with Gasteiger partial charge in [-0.2, -0.15) is 10.5 Å². The van der Waals surface area contributed by atoms with E-state index in [9.17, 15) is 4.79 Å². The zero-order valence-electron chi connectivity index (χ0n) is 9.88. The SMILES string of the molecule is N#CCN(CC#N)c1ccc(/C=C/C(=O)O)c(Br)c1. The van der Waals surface area contributed by atoms with Crippen LogP contribution in [-0.4, -0.2) is 24.2 Å². The Balaban J connectivity index is 3.01. The number of aliphatic carboxylic acids is 1. The molecule has 5 nitrogen and oxygen atoms in total. The number of carbonyl (C=O) groups is 1. The van der Waals surface area contributed by atoms with Crippen molar-refractivity contribution in [1.82, 2.24) is 0 Å². The molecule has 0 heterocycles. The molecule has 0 unspecified atom stereocenters. The van der Waals surface area contributed by atoms with Crippen LogP contribution in [0.4, 0.5) is 5.69 Å². The quantitative estimate of drug-likeness (QED) is 0.665. The van der Waals surface area contributed by atoms with Crippen LogP contribution in [0.3, 0.4) is 0 Å². The number of anilines is 1. The van der Waals surface area contributed by atoms with Gasteiger partial charge in [0.1, 0.15) is 13.1 Å². The molecule has 0 spiro atoms. The Morgan fingerprint density at radius 3 is 2.47 bits per heavy atom. The Kier molecular flexibility index (Phi) is 5.59. The first-order valence-electron chi connectivity index (χ1n) is 5.28. The van der Waals surface area contributed by atoms with E-state index in [1.807, 2.05) is 12.1 Å². The van der Waals surface area contributed by atoms with Gasteiger partial charge < -0.3 is 10.0 Å². The third-order valence-corrected chi connectivity index (χ3v) is 2.96. The summed E-state index contributed by atoms with van der Waals surface area (Å²) in [7, 11) is 0. The van der Waals surface area contributed by atoms with E-state index in [-0.39, 0.29) is 13.1 Å². The number of hydrogen-bond donors (Lipinski definition) is 1. The standard InChI is InChI=1S/C13H10BrN3O2/c14-12-9-11(17(7-5-15)8-6-16)3-1-10(12)2-4-13(18)19/h1-4,9H,7-8H2,(H,18,19)/b4-2+. The summed E-state index contributed by atoms with van der Waals surface area (Å²) in [5.41, 5.74) is 1.43. The lowest BCUT2D eigenvalue weighted by Crippen LogP contribution is -2.23. The van der Waals surface area contributed by atoms with Gasteiger partial charge in [-0.15, -0.1) is 0 Å². The largest absolute Gasteiger partial charge is 0.478 e. The monoisotopic (exact) mass is 319 g/mol. The van der Waals surface area contributed by atoms with Crippen LogP contribution in [0.25, 0.3) is 6.08 Å². The molecule has 6 heteroatoms. The molecule has 0 bridgehead atoms. The highest BCUT2D eigenvalue weighted by Gasteiger charge is 2.07. The number of carboxylic acids is 1. The minimum absolute atomic E-state index is 0.115. The van der Waals surface area contributed by atoms with Crippen LogP contribution in [0.5, 0.6) is 0 Å². The van der Waals surface area contributed by atoms with Crippen LogP contribution in [0.1, 0.15) is 5.56 Å². The molecule has 0 aliphatic rings. The lowest BCUT2D eigenvalue weighted by molar-refractivity contribution is -0.131. The molecule has 0 aromatic heterocycles. The number of nitrogens with zero attached hydrogens (tertiary/aromatic N) is 3. The highest BCUT2D eigenvalue weighted by Crippen LogP contribution is 2.25. The van der Waals surface area contributed by atoms with Crippen LogP contribution in [-0.2, 0) is 4.79 Å². The summed E-state index contributed by atoms with van der Waals surface area (Å²) in [5.74, 6) is -1.02. The van der Waals surface area contributed by atoms with Gasteiger partial charge >= 0.3 is 5.97 Å². The van der Waals surface area contributed by atoms with Gasteiger partial charge in [0.25, 0.3) is 0 Å². The van der Waals surface area contributed by atoms with Gasteiger partial charge in [0.05, 0.1) is 12.1 Å². The number of halogens is 1. The molecule has 0 saturated heterocycles. The van der Waals surface area contributed by atoms with Crippen LogP contribution < -0.4 is 4.90 Å². The summed E-state index contributed by atoms with van der Waals surface area (Å²) in [5, 5.41) is 26.0. The molecule has 1 aromatic rings. The molecule has 96 valence electrons. The Hall–Kier alpha value is -2.31. The van der Waals surface area contributed by atoms with Crippen molar-refractivity contribution in [2.75, 3.05) is 18.0 Å². The maximum absolute atomic E-state index is 10.4. The topological polar surface area (TPSA) is 88.1 Å². The molecule has 0 radical (unpaired) electrons. The van der Waals surface area contributed by atoms with Crippen LogP contribution in [0.15, 0.2) is 28.7 Å². The lowest BCUT2D eigenvalue weighted by atomic mass is 10.2. The summed E-state index contributed by atoms with van der Waals surface area (Å²) in [6.45, 7) is 0.231. The maximum Gasteiger partial charge on any atom is 0.328 e.